The first-order valence-corrected chi connectivity index (χ1v) is 4.12. The molecule has 0 bridgehead atoms. The van der Waals surface area contributed by atoms with E-state index in [1.807, 2.05) is 22.9 Å². The van der Waals surface area contributed by atoms with Crippen molar-refractivity contribution in [2.75, 3.05) is 0 Å². The first-order valence-electron chi connectivity index (χ1n) is 2.86. The number of imidazole rings is 1. The fourth-order valence-electron chi connectivity index (χ4n) is 0.928. The van der Waals surface area contributed by atoms with Gasteiger partial charge >= 0.3 is 0 Å². The number of aryl methyl sites for hydroxylation is 1. The highest BCUT2D eigenvalue weighted by atomic mass is 35.5. The van der Waals surface area contributed by atoms with Crippen LogP contribution < -0.4 is 0 Å². The molecule has 2 rings (SSSR count). The Morgan fingerprint density at radius 1 is 1.70 bits per heavy atom. The smallest absolute Gasteiger partial charge is 0.125 e. The summed E-state index contributed by atoms with van der Waals surface area (Å²) >= 11 is 7.46. The van der Waals surface area contributed by atoms with E-state index in [4.69, 9.17) is 11.6 Å². The van der Waals surface area contributed by atoms with Gasteiger partial charge in [0.2, 0.25) is 0 Å². The molecular formula is C6H5ClN2S. The summed E-state index contributed by atoms with van der Waals surface area (Å²) in [5.41, 5.74) is 0. The van der Waals surface area contributed by atoms with E-state index >= 15 is 0 Å². The van der Waals surface area contributed by atoms with Gasteiger partial charge in [0.25, 0.3) is 0 Å². The van der Waals surface area contributed by atoms with E-state index in [0.29, 0.717) is 0 Å². The molecule has 0 saturated carbocycles. The van der Waals surface area contributed by atoms with Gasteiger partial charge in [-0.2, -0.15) is 0 Å². The molecule has 0 aliphatic heterocycles. The maximum atomic E-state index is 5.85. The SMILES string of the molecule is Cc1ncc2scc(Cl)n12. The zero-order valence-electron chi connectivity index (χ0n) is 5.34. The van der Waals surface area contributed by atoms with Gasteiger partial charge in [-0.3, -0.25) is 4.40 Å². The minimum absolute atomic E-state index is 0.745. The summed E-state index contributed by atoms with van der Waals surface area (Å²) in [6.45, 7) is 1.94. The average molecular weight is 173 g/mol. The summed E-state index contributed by atoms with van der Waals surface area (Å²) in [6, 6.07) is 0. The molecule has 0 aliphatic rings. The maximum absolute atomic E-state index is 5.85. The fraction of sp³-hybridized carbons (Fsp3) is 0.167. The quantitative estimate of drug-likeness (QED) is 0.597. The number of hydrogen-bond donors (Lipinski definition) is 0. The second-order valence-corrected chi connectivity index (χ2v) is 3.31. The Kier molecular flexibility index (Phi) is 1.22. The molecule has 0 radical (unpaired) electrons. The lowest BCUT2D eigenvalue weighted by molar-refractivity contribution is 1.06. The minimum atomic E-state index is 0.745. The van der Waals surface area contributed by atoms with E-state index in [-0.39, 0.29) is 0 Å². The molecule has 0 amide bonds. The average Bonchev–Trinajstić information content (AvgIpc) is 2.40. The molecule has 0 atom stereocenters. The van der Waals surface area contributed by atoms with Crippen molar-refractivity contribution in [3.05, 3.63) is 22.6 Å². The van der Waals surface area contributed by atoms with Crippen LogP contribution in [0.25, 0.3) is 4.83 Å². The molecule has 0 fully saturated rings. The Morgan fingerprint density at radius 3 is 3.20 bits per heavy atom. The van der Waals surface area contributed by atoms with Crippen LogP contribution in [0.15, 0.2) is 11.6 Å². The summed E-state index contributed by atoms with van der Waals surface area (Å²) in [4.78, 5) is 5.21. The molecule has 0 saturated heterocycles. The van der Waals surface area contributed by atoms with E-state index < -0.39 is 0 Å². The Hall–Kier alpha value is -0.540. The summed E-state index contributed by atoms with van der Waals surface area (Å²) in [5.74, 6) is 0.946. The van der Waals surface area contributed by atoms with Crippen molar-refractivity contribution in [1.29, 1.82) is 0 Å². The molecule has 0 N–H and O–H groups in total. The lowest BCUT2D eigenvalue weighted by Gasteiger charge is -1.87. The lowest BCUT2D eigenvalue weighted by atomic mass is 10.7. The third-order valence-electron chi connectivity index (χ3n) is 1.40. The van der Waals surface area contributed by atoms with Crippen LogP contribution in [-0.4, -0.2) is 9.38 Å². The van der Waals surface area contributed by atoms with Gasteiger partial charge in [-0.15, -0.1) is 11.3 Å². The van der Waals surface area contributed by atoms with E-state index in [2.05, 4.69) is 4.98 Å². The topological polar surface area (TPSA) is 17.3 Å². The monoisotopic (exact) mass is 172 g/mol. The van der Waals surface area contributed by atoms with Crippen LogP contribution in [0.4, 0.5) is 0 Å². The number of aromatic nitrogens is 2. The number of hydrogen-bond acceptors (Lipinski definition) is 2. The van der Waals surface area contributed by atoms with E-state index in [9.17, 15) is 0 Å². The van der Waals surface area contributed by atoms with Crippen LogP contribution in [0.5, 0.6) is 0 Å². The number of rotatable bonds is 0. The lowest BCUT2D eigenvalue weighted by Crippen LogP contribution is -1.82. The molecule has 0 spiro atoms. The normalized spacial score (nSPS) is 11.0. The zero-order valence-corrected chi connectivity index (χ0v) is 6.91. The number of halogens is 1. The van der Waals surface area contributed by atoms with Crippen molar-refractivity contribution >= 4 is 27.8 Å². The van der Waals surface area contributed by atoms with E-state index in [0.717, 1.165) is 15.8 Å². The van der Waals surface area contributed by atoms with E-state index in [1.165, 1.54) is 0 Å². The molecule has 4 heteroatoms. The Labute approximate surface area is 67.1 Å². The van der Waals surface area contributed by atoms with Gasteiger partial charge in [0, 0.05) is 5.38 Å². The first-order chi connectivity index (χ1) is 4.79. The minimum Gasteiger partial charge on any atom is -0.277 e. The molecule has 2 aromatic rings. The molecule has 2 heterocycles. The number of fused-ring (bicyclic) bond motifs is 1. The van der Waals surface area contributed by atoms with Gasteiger partial charge in [0.15, 0.2) is 0 Å². The van der Waals surface area contributed by atoms with Crippen LogP contribution in [0.2, 0.25) is 5.15 Å². The second-order valence-electron chi connectivity index (χ2n) is 2.04. The standard InChI is InChI=1S/C6H5ClN2S/c1-4-8-2-6-9(4)5(7)3-10-6/h2-3H,1H3. The van der Waals surface area contributed by atoms with Crippen LogP contribution in [-0.2, 0) is 0 Å². The van der Waals surface area contributed by atoms with Gasteiger partial charge in [-0.1, -0.05) is 11.6 Å². The van der Waals surface area contributed by atoms with Crippen molar-refractivity contribution in [1.82, 2.24) is 9.38 Å². The highest BCUT2D eigenvalue weighted by Crippen LogP contribution is 2.21. The number of nitrogens with zero attached hydrogens (tertiary/aromatic N) is 2. The van der Waals surface area contributed by atoms with Gasteiger partial charge in [0.05, 0.1) is 6.20 Å². The Bertz CT molecular complexity index is 331. The Morgan fingerprint density at radius 2 is 2.50 bits per heavy atom. The van der Waals surface area contributed by atoms with Crippen molar-refractivity contribution in [2.45, 2.75) is 6.92 Å². The largest absolute Gasteiger partial charge is 0.277 e. The molecular weight excluding hydrogens is 168 g/mol. The third kappa shape index (κ3) is 0.676. The molecule has 10 heavy (non-hydrogen) atoms. The second kappa shape index (κ2) is 1.97. The summed E-state index contributed by atoms with van der Waals surface area (Å²) in [5, 5.41) is 2.65. The highest BCUT2D eigenvalue weighted by Gasteiger charge is 2.02. The molecule has 52 valence electrons. The fourth-order valence-corrected chi connectivity index (χ4v) is 2.10. The van der Waals surface area contributed by atoms with Crippen LogP contribution >= 0.6 is 22.9 Å². The zero-order chi connectivity index (χ0) is 7.14. The molecule has 2 aromatic heterocycles. The maximum Gasteiger partial charge on any atom is 0.125 e. The van der Waals surface area contributed by atoms with Crippen molar-refractivity contribution in [3.63, 3.8) is 0 Å². The summed E-state index contributed by atoms with van der Waals surface area (Å²) < 4.78 is 1.92. The molecule has 0 aliphatic carbocycles. The Balaban J connectivity index is 2.98. The summed E-state index contributed by atoms with van der Waals surface area (Å²) in [7, 11) is 0. The predicted octanol–water partition coefficient (Wildman–Crippen LogP) is 2.36. The van der Waals surface area contributed by atoms with Gasteiger partial charge < -0.3 is 0 Å². The number of thiazole rings is 1. The molecule has 2 nitrogen and oxygen atoms in total. The van der Waals surface area contributed by atoms with Crippen molar-refractivity contribution in [2.24, 2.45) is 0 Å². The third-order valence-corrected chi connectivity index (χ3v) is 2.67. The summed E-state index contributed by atoms with van der Waals surface area (Å²) in [6.07, 6.45) is 1.83. The van der Waals surface area contributed by atoms with Crippen LogP contribution in [0.3, 0.4) is 0 Å². The van der Waals surface area contributed by atoms with Gasteiger partial charge in [0.1, 0.15) is 15.8 Å². The predicted molar refractivity (Wildman–Crippen MR) is 42.8 cm³/mol. The highest BCUT2D eigenvalue weighted by molar-refractivity contribution is 7.16. The molecule has 0 aromatic carbocycles. The van der Waals surface area contributed by atoms with Crippen molar-refractivity contribution in [3.8, 4) is 0 Å². The van der Waals surface area contributed by atoms with Crippen LogP contribution in [0.1, 0.15) is 5.82 Å². The van der Waals surface area contributed by atoms with E-state index in [1.54, 1.807) is 11.3 Å². The van der Waals surface area contributed by atoms with Gasteiger partial charge in [-0.25, -0.2) is 4.98 Å². The van der Waals surface area contributed by atoms with Gasteiger partial charge in [-0.05, 0) is 6.92 Å². The van der Waals surface area contributed by atoms with Crippen molar-refractivity contribution < 1.29 is 0 Å². The first kappa shape index (κ1) is 6.19. The molecule has 0 unspecified atom stereocenters. The van der Waals surface area contributed by atoms with Crippen LogP contribution in [0, 0.1) is 6.92 Å².